The number of rotatable bonds is 7. The highest BCUT2D eigenvalue weighted by Gasteiger charge is 2.26. The zero-order valence-electron chi connectivity index (χ0n) is 16.2. The molecule has 1 heterocycles. The van der Waals surface area contributed by atoms with E-state index in [4.69, 9.17) is 4.74 Å². The molecule has 1 aliphatic rings. The maximum Gasteiger partial charge on any atom is 0.321 e. The van der Waals surface area contributed by atoms with Crippen LogP contribution in [0.2, 0.25) is 0 Å². The standard InChI is InChI=1S/C19H28N2O5S/c1-4-16-7-5-6-10-21(16)18(22)13-26-19(23)12-20-27(24,25)17-9-8-14(2)15(3)11-17/h8-9,11,16,20H,4-7,10,12-13H2,1-3H3/t16-/m1/s1. The van der Waals surface area contributed by atoms with Crippen molar-refractivity contribution in [2.75, 3.05) is 19.7 Å². The Balaban J connectivity index is 1.84. The number of sulfonamides is 1. The molecule has 0 saturated carbocycles. The summed E-state index contributed by atoms with van der Waals surface area (Å²) >= 11 is 0. The number of esters is 1. The highest BCUT2D eigenvalue weighted by atomic mass is 32.2. The molecule has 0 spiro atoms. The third-order valence-electron chi connectivity index (χ3n) is 4.97. The summed E-state index contributed by atoms with van der Waals surface area (Å²) in [6.45, 7) is 5.54. The predicted molar refractivity (Wildman–Crippen MR) is 102 cm³/mol. The van der Waals surface area contributed by atoms with E-state index in [0.717, 1.165) is 36.8 Å². The number of ether oxygens (including phenoxy) is 1. The highest BCUT2D eigenvalue weighted by molar-refractivity contribution is 7.89. The van der Waals surface area contributed by atoms with Gasteiger partial charge in [-0.1, -0.05) is 13.0 Å². The fraction of sp³-hybridized carbons (Fsp3) is 0.579. The van der Waals surface area contributed by atoms with Crippen LogP contribution >= 0.6 is 0 Å². The number of aryl methyl sites for hydroxylation is 2. The first kappa shape index (κ1) is 21.4. The minimum absolute atomic E-state index is 0.0913. The van der Waals surface area contributed by atoms with E-state index in [1.807, 2.05) is 20.8 Å². The van der Waals surface area contributed by atoms with E-state index in [9.17, 15) is 18.0 Å². The average molecular weight is 397 g/mol. The van der Waals surface area contributed by atoms with Crippen LogP contribution in [-0.4, -0.2) is 50.9 Å². The van der Waals surface area contributed by atoms with E-state index in [-0.39, 0.29) is 23.5 Å². The molecule has 1 fully saturated rings. The molecule has 1 aromatic rings. The number of carbonyl (C=O) groups excluding carboxylic acids is 2. The second-order valence-electron chi connectivity index (χ2n) is 6.88. The molecule has 0 bridgehead atoms. The van der Waals surface area contributed by atoms with Crippen LogP contribution < -0.4 is 4.72 Å². The number of likely N-dealkylation sites (tertiary alicyclic amines) is 1. The van der Waals surface area contributed by atoms with Crippen molar-refractivity contribution in [2.24, 2.45) is 0 Å². The summed E-state index contributed by atoms with van der Waals surface area (Å²) in [6.07, 6.45) is 3.88. The fourth-order valence-corrected chi connectivity index (χ4v) is 4.20. The van der Waals surface area contributed by atoms with E-state index in [1.165, 1.54) is 6.07 Å². The summed E-state index contributed by atoms with van der Waals surface area (Å²) in [5.74, 6) is -1.01. The van der Waals surface area contributed by atoms with Crippen LogP contribution in [0.15, 0.2) is 23.1 Å². The predicted octanol–water partition coefficient (Wildman–Crippen LogP) is 1.92. The lowest BCUT2D eigenvalue weighted by Gasteiger charge is -2.35. The van der Waals surface area contributed by atoms with Gasteiger partial charge in [-0.15, -0.1) is 0 Å². The van der Waals surface area contributed by atoms with Gasteiger partial charge in [0, 0.05) is 12.6 Å². The average Bonchev–Trinajstić information content (AvgIpc) is 2.66. The number of piperidine rings is 1. The smallest absolute Gasteiger partial charge is 0.321 e. The molecule has 1 amide bonds. The first-order chi connectivity index (χ1) is 12.7. The fourth-order valence-electron chi connectivity index (χ4n) is 3.15. The molecule has 150 valence electrons. The van der Waals surface area contributed by atoms with Crippen molar-refractivity contribution in [1.82, 2.24) is 9.62 Å². The van der Waals surface area contributed by atoms with Crippen LogP contribution in [0.4, 0.5) is 0 Å². The molecule has 0 radical (unpaired) electrons. The Morgan fingerprint density at radius 3 is 2.63 bits per heavy atom. The quantitative estimate of drug-likeness (QED) is 0.711. The van der Waals surface area contributed by atoms with Crippen molar-refractivity contribution in [2.45, 2.75) is 57.4 Å². The normalized spacial score (nSPS) is 17.6. The van der Waals surface area contributed by atoms with Crippen LogP contribution in [0, 0.1) is 13.8 Å². The maximum absolute atomic E-state index is 12.3. The molecule has 1 saturated heterocycles. The van der Waals surface area contributed by atoms with Gasteiger partial charge < -0.3 is 9.64 Å². The molecule has 0 aromatic heterocycles. The van der Waals surface area contributed by atoms with Crippen LogP contribution in [-0.2, 0) is 24.3 Å². The van der Waals surface area contributed by atoms with E-state index >= 15 is 0 Å². The van der Waals surface area contributed by atoms with E-state index in [0.29, 0.717) is 6.54 Å². The molecule has 0 unspecified atom stereocenters. The number of nitrogens with one attached hydrogen (secondary N) is 1. The molecule has 2 rings (SSSR count). The molecule has 7 nitrogen and oxygen atoms in total. The Morgan fingerprint density at radius 2 is 1.96 bits per heavy atom. The zero-order valence-corrected chi connectivity index (χ0v) is 17.0. The van der Waals surface area contributed by atoms with Gasteiger partial charge in [-0.25, -0.2) is 8.42 Å². The number of hydrogen-bond acceptors (Lipinski definition) is 5. The van der Waals surface area contributed by atoms with Gasteiger partial charge in [0.2, 0.25) is 10.0 Å². The van der Waals surface area contributed by atoms with Gasteiger partial charge in [-0.05, 0) is 62.8 Å². The maximum atomic E-state index is 12.3. The number of amides is 1. The molecule has 1 N–H and O–H groups in total. The van der Waals surface area contributed by atoms with E-state index in [2.05, 4.69) is 4.72 Å². The molecular formula is C19H28N2O5S. The SMILES string of the molecule is CC[C@@H]1CCCCN1C(=O)COC(=O)CNS(=O)(=O)c1ccc(C)c(C)c1. The van der Waals surface area contributed by atoms with Crippen LogP contribution in [0.1, 0.15) is 43.7 Å². The topological polar surface area (TPSA) is 92.8 Å². The van der Waals surface area contributed by atoms with Crippen molar-refractivity contribution in [3.05, 3.63) is 29.3 Å². The second kappa shape index (κ2) is 9.32. The number of nitrogens with zero attached hydrogens (tertiary/aromatic N) is 1. The van der Waals surface area contributed by atoms with E-state index < -0.39 is 22.5 Å². The number of hydrogen-bond donors (Lipinski definition) is 1. The van der Waals surface area contributed by atoms with Crippen molar-refractivity contribution < 1.29 is 22.7 Å². The minimum Gasteiger partial charge on any atom is -0.455 e. The van der Waals surface area contributed by atoms with Gasteiger partial charge in [0.25, 0.3) is 5.91 Å². The second-order valence-corrected chi connectivity index (χ2v) is 8.64. The monoisotopic (exact) mass is 396 g/mol. The molecule has 1 aromatic carbocycles. The molecule has 0 aliphatic carbocycles. The Hall–Kier alpha value is -1.93. The minimum atomic E-state index is -3.81. The lowest BCUT2D eigenvalue weighted by atomic mass is 10.00. The summed E-state index contributed by atoms with van der Waals surface area (Å²) in [6, 6.07) is 4.94. The summed E-state index contributed by atoms with van der Waals surface area (Å²) in [5, 5.41) is 0. The Morgan fingerprint density at radius 1 is 1.22 bits per heavy atom. The van der Waals surface area contributed by atoms with Crippen molar-refractivity contribution in [3.63, 3.8) is 0 Å². The molecule has 1 atom stereocenters. The van der Waals surface area contributed by atoms with Gasteiger partial charge >= 0.3 is 5.97 Å². The highest BCUT2D eigenvalue weighted by Crippen LogP contribution is 2.19. The van der Waals surface area contributed by atoms with Gasteiger partial charge in [0.05, 0.1) is 4.90 Å². The molecular weight excluding hydrogens is 368 g/mol. The van der Waals surface area contributed by atoms with Crippen molar-refractivity contribution in [1.29, 1.82) is 0 Å². The van der Waals surface area contributed by atoms with Crippen LogP contribution in [0.5, 0.6) is 0 Å². The van der Waals surface area contributed by atoms with Gasteiger partial charge in [-0.3, -0.25) is 9.59 Å². The molecule has 8 heteroatoms. The van der Waals surface area contributed by atoms with Gasteiger partial charge in [0.1, 0.15) is 6.54 Å². The largest absolute Gasteiger partial charge is 0.455 e. The first-order valence-electron chi connectivity index (χ1n) is 9.26. The molecule has 1 aliphatic heterocycles. The van der Waals surface area contributed by atoms with E-state index in [1.54, 1.807) is 17.0 Å². The summed E-state index contributed by atoms with van der Waals surface area (Å²) in [5.41, 5.74) is 1.83. The zero-order chi connectivity index (χ0) is 20.0. The Kier molecular flexibility index (Phi) is 7.38. The first-order valence-corrected chi connectivity index (χ1v) is 10.7. The third-order valence-corrected chi connectivity index (χ3v) is 6.37. The Labute approximate surface area is 161 Å². The van der Waals surface area contributed by atoms with Gasteiger partial charge in [-0.2, -0.15) is 4.72 Å². The summed E-state index contributed by atoms with van der Waals surface area (Å²) in [7, 11) is -3.81. The lowest BCUT2D eigenvalue weighted by Crippen LogP contribution is -2.45. The summed E-state index contributed by atoms with van der Waals surface area (Å²) < 4.78 is 31.7. The van der Waals surface area contributed by atoms with Crippen molar-refractivity contribution >= 4 is 21.9 Å². The lowest BCUT2D eigenvalue weighted by molar-refractivity contribution is -0.152. The summed E-state index contributed by atoms with van der Waals surface area (Å²) in [4.78, 5) is 26.0. The number of benzene rings is 1. The van der Waals surface area contributed by atoms with Gasteiger partial charge in [0.15, 0.2) is 6.61 Å². The Bertz CT molecular complexity index is 791. The van der Waals surface area contributed by atoms with Crippen molar-refractivity contribution in [3.8, 4) is 0 Å². The third kappa shape index (κ3) is 5.77. The van der Waals surface area contributed by atoms with Crippen LogP contribution in [0.3, 0.4) is 0 Å². The number of carbonyl (C=O) groups is 2. The van der Waals surface area contributed by atoms with Crippen LogP contribution in [0.25, 0.3) is 0 Å². The molecule has 27 heavy (non-hydrogen) atoms.